The standard InChI is InChI=1S/C21H23ClN2O4/c1-14-8-9-17(12-18(14)22)24-19(25)10-11-21(27)28-13-20(26)23-15(2)16-6-4-3-5-7-16/h3-9,12,15H,10-11,13H2,1-2H3,(H,23,26)(H,24,25)/t15-/m0/s1. The van der Waals surface area contributed by atoms with Crippen molar-refractivity contribution in [3.63, 3.8) is 0 Å². The molecule has 0 fully saturated rings. The van der Waals surface area contributed by atoms with Crippen LogP contribution in [0, 0.1) is 6.92 Å². The number of amides is 2. The third-order valence-corrected chi connectivity index (χ3v) is 4.46. The molecule has 2 rings (SSSR count). The highest BCUT2D eigenvalue weighted by Crippen LogP contribution is 2.20. The highest BCUT2D eigenvalue weighted by atomic mass is 35.5. The molecule has 0 heterocycles. The highest BCUT2D eigenvalue weighted by Gasteiger charge is 2.13. The Morgan fingerprint density at radius 3 is 2.43 bits per heavy atom. The summed E-state index contributed by atoms with van der Waals surface area (Å²) in [5.41, 5.74) is 2.42. The van der Waals surface area contributed by atoms with Crippen molar-refractivity contribution in [2.75, 3.05) is 11.9 Å². The fourth-order valence-corrected chi connectivity index (χ4v) is 2.62. The van der Waals surface area contributed by atoms with E-state index in [4.69, 9.17) is 16.3 Å². The zero-order valence-corrected chi connectivity index (χ0v) is 16.6. The van der Waals surface area contributed by atoms with Crippen molar-refractivity contribution in [1.29, 1.82) is 0 Å². The van der Waals surface area contributed by atoms with Crippen molar-refractivity contribution in [3.05, 3.63) is 64.7 Å². The molecule has 0 aromatic heterocycles. The predicted molar refractivity (Wildman–Crippen MR) is 108 cm³/mol. The van der Waals surface area contributed by atoms with Crippen molar-refractivity contribution in [3.8, 4) is 0 Å². The number of carbonyl (C=O) groups excluding carboxylic acids is 3. The lowest BCUT2D eigenvalue weighted by Crippen LogP contribution is -2.31. The van der Waals surface area contributed by atoms with Crippen LogP contribution >= 0.6 is 11.6 Å². The lowest BCUT2D eigenvalue weighted by atomic mass is 10.1. The van der Waals surface area contributed by atoms with Crippen LogP contribution in [-0.2, 0) is 19.1 Å². The van der Waals surface area contributed by atoms with Gasteiger partial charge in [-0.1, -0.05) is 48.0 Å². The Bertz CT molecular complexity index is 840. The SMILES string of the molecule is Cc1ccc(NC(=O)CCC(=O)OCC(=O)N[C@@H](C)c2ccccc2)cc1Cl. The first kappa shape index (κ1) is 21.4. The van der Waals surface area contributed by atoms with Gasteiger partial charge in [0.15, 0.2) is 6.61 Å². The molecule has 28 heavy (non-hydrogen) atoms. The average Bonchev–Trinajstić information content (AvgIpc) is 2.68. The maximum atomic E-state index is 11.9. The zero-order chi connectivity index (χ0) is 20.5. The highest BCUT2D eigenvalue weighted by molar-refractivity contribution is 6.31. The van der Waals surface area contributed by atoms with Gasteiger partial charge in [0.05, 0.1) is 12.5 Å². The first-order valence-electron chi connectivity index (χ1n) is 8.91. The van der Waals surface area contributed by atoms with Gasteiger partial charge < -0.3 is 15.4 Å². The number of rotatable bonds is 8. The zero-order valence-electron chi connectivity index (χ0n) is 15.8. The van der Waals surface area contributed by atoms with E-state index < -0.39 is 11.9 Å². The molecular weight excluding hydrogens is 380 g/mol. The topological polar surface area (TPSA) is 84.5 Å². The average molecular weight is 403 g/mol. The second kappa shape index (κ2) is 10.5. The van der Waals surface area contributed by atoms with Crippen LogP contribution in [0.5, 0.6) is 0 Å². The van der Waals surface area contributed by atoms with E-state index in [0.29, 0.717) is 10.7 Å². The number of halogens is 1. The maximum absolute atomic E-state index is 11.9. The van der Waals surface area contributed by atoms with E-state index in [1.165, 1.54) is 0 Å². The molecule has 0 radical (unpaired) electrons. The van der Waals surface area contributed by atoms with E-state index in [1.807, 2.05) is 44.2 Å². The molecule has 148 valence electrons. The van der Waals surface area contributed by atoms with Crippen LogP contribution in [0.25, 0.3) is 0 Å². The summed E-state index contributed by atoms with van der Waals surface area (Å²) >= 11 is 6.01. The van der Waals surface area contributed by atoms with E-state index in [2.05, 4.69) is 10.6 Å². The quantitative estimate of drug-likeness (QED) is 0.658. The number of carbonyl (C=O) groups is 3. The normalized spacial score (nSPS) is 11.4. The third-order valence-electron chi connectivity index (χ3n) is 4.05. The third kappa shape index (κ3) is 7.04. The fraction of sp³-hybridized carbons (Fsp3) is 0.286. The summed E-state index contributed by atoms with van der Waals surface area (Å²) in [5, 5.41) is 5.96. The Balaban J connectivity index is 1.68. The monoisotopic (exact) mass is 402 g/mol. The van der Waals surface area contributed by atoms with Crippen molar-refractivity contribution >= 4 is 35.1 Å². The largest absolute Gasteiger partial charge is 0.456 e. The second-order valence-electron chi connectivity index (χ2n) is 6.37. The molecule has 0 aliphatic rings. The van der Waals surface area contributed by atoms with Gasteiger partial charge >= 0.3 is 5.97 Å². The number of hydrogen-bond acceptors (Lipinski definition) is 4. The van der Waals surface area contributed by atoms with Crippen LogP contribution in [0.15, 0.2) is 48.5 Å². The van der Waals surface area contributed by atoms with E-state index >= 15 is 0 Å². The lowest BCUT2D eigenvalue weighted by Gasteiger charge is -2.14. The van der Waals surface area contributed by atoms with Crippen LogP contribution in [0.1, 0.15) is 36.9 Å². The summed E-state index contributed by atoms with van der Waals surface area (Å²) in [6.07, 6.45) is -0.167. The van der Waals surface area contributed by atoms with Crippen LogP contribution < -0.4 is 10.6 Å². The minimum absolute atomic E-state index is 0.0492. The molecule has 0 aliphatic carbocycles. The molecule has 0 bridgehead atoms. The van der Waals surface area contributed by atoms with Crippen LogP contribution in [0.3, 0.4) is 0 Å². The molecule has 1 atom stereocenters. The first-order chi connectivity index (χ1) is 13.3. The molecule has 2 aromatic rings. The Morgan fingerprint density at radius 1 is 1.04 bits per heavy atom. The van der Waals surface area contributed by atoms with Gasteiger partial charge in [0.25, 0.3) is 5.91 Å². The number of aryl methyl sites for hydroxylation is 1. The van der Waals surface area contributed by atoms with E-state index in [9.17, 15) is 14.4 Å². The van der Waals surface area contributed by atoms with Crippen LogP contribution in [0.4, 0.5) is 5.69 Å². The minimum Gasteiger partial charge on any atom is -0.456 e. The van der Waals surface area contributed by atoms with Crippen molar-refractivity contribution in [1.82, 2.24) is 5.32 Å². The summed E-state index contributed by atoms with van der Waals surface area (Å²) in [4.78, 5) is 35.6. The maximum Gasteiger partial charge on any atom is 0.306 e. The Hall–Kier alpha value is -2.86. The van der Waals surface area contributed by atoms with Gasteiger partial charge in [-0.2, -0.15) is 0 Å². The number of hydrogen-bond donors (Lipinski definition) is 2. The smallest absolute Gasteiger partial charge is 0.306 e. The minimum atomic E-state index is -0.611. The Kier molecular flexibility index (Phi) is 8.02. The molecule has 6 nitrogen and oxygen atoms in total. The molecule has 0 saturated carbocycles. The second-order valence-corrected chi connectivity index (χ2v) is 6.78. The summed E-state index contributed by atoms with van der Waals surface area (Å²) < 4.78 is 4.92. The van der Waals surface area contributed by atoms with Crippen molar-refractivity contribution in [2.45, 2.75) is 32.7 Å². The summed E-state index contributed by atoms with van der Waals surface area (Å²) in [6, 6.07) is 14.4. The number of nitrogens with one attached hydrogen (secondary N) is 2. The van der Waals surface area contributed by atoms with Gasteiger partial charge in [-0.3, -0.25) is 14.4 Å². The number of anilines is 1. The molecule has 2 N–H and O–H groups in total. The van der Waals surface area contributed by atoms with Crippen molar-refractivity contribution in [2.24, 2.45) is 0 Å². The van der Waals surface area contributed by atoms with Gasteiger partial charge in [0, 0.05) is 17.1 Å². The molecular formula is C21H23ClN2O4. The Morgan fingerprint density at radius 2 is 1.75 bits per heavy atom. The van der Waals surface area contributed by atoms with E-state index in [1.54, 1.807) is 18.2 Å². The molecule has 0 spiro atoms. The first-order valence-corrected chi connectivity index (χ1v) is 9.29. The molecule has 0 unspecified atom stereocenters. The number of benzene rings is 2. The predicted octanol–water partition coefficient (Wildman–Crippen LogP) is 3.79. The van der Waals surface area contributed by atoms with Crippen LogP contribution in [-0.4, -0.2) is 24.4 Å². The Labute approximate surface area is 169 Å². The molecule has 0 aliphatic heterocycles. The fourth-order valence-electron chi connectivity index (χ4n) is 2.44. The molecule has 0 saturated heterocycles. The van der Waals surface area contributed by atoms with Gasteiger partial charge in [-0.25, -0.2) is 0 Å². The van der Waals surface area contributed by atoms with Gasteiger partial charge in [-0.15, -0.1) is 0 Å². The van der Waals surface area contributed by atoms with E-state index in [0.717, 1.165) is 11.1 Å². The van der Waals surface area contributed by atoms with Crippen LogP contribution in [0.2, 0.25) is 5.02 Å². The molecule has 2 amide bonds. The van der Waals surface area contributed by atoms with Gasteiger partial charge in [0.2, 0.25) is 5.91 Å². The lowest BCUT2D eigenvalue weighted by molar-refractivity contribution is -0.149. The van der Waals surface area contributed by atoms with Crippen molar-refractivity contribution < 1.29 is 19.1 Å². The molecule has 2 aromatic carbocycles. The number of ether oxygens (including phenoxy) is 1. The summed E-state index contributed by atoms with van der Waals surface area (Å²) in [5.74, 6) is -1.35. The van der Waals surface area contributed by atoms with Gasteiger partial charge in [-0.05, 0) is 37.1 Å². The van der Waals surface area contributed by atoms with E-state index in [-0.39, 0.29) is 31.4 Å². The summed E-state index contributed by atoms with van der Waals surface area (Å²) in [6.45, 7) is 3.32. The summed E-state index contributed by atoms with van der Waals surface area (Å²) in [7, 11) is 0. The molecule has 7 heteroatoms. The number of esters is 1. The van der Waals surface area contributed by atoms with Gasteiger partial charge in [0.1, 0.15) is 0 Å².